The Hall–Kier alpha value is -2.58. The van der Waals surface area contributed by atoms with Crippen LogP contribution in [0, 0.1) is 10.1 Å². The maximum absolute atomic E-state index is 11.1. The molecule has 20 heavy (non-hydrogen) atoms. The normalized spacial score (nSPS) is 13.2. The minimum Gasteiger partial charge on any atom is -0.363 e. The molecule has 1 aliphatic heterocycles. The SMILES string of the molecule is COOCc1ccc(NC2=CNC=CN2)c([N+](=O)[O-])c1. The average molecular weight is 278 g/mol. The van der Waals surface area contributed by atoms with Gasteiger partial charge in [0.15, 0.2) is 0 Å². The molecular formula is C12H14N4O4. The smallest absolute Gasteiger partial charge is 0.293 e. The van der Waals surface area contributed by atoms with E-state index in [0.717, 1.165) is 0 Å². The second-order valence-corrected chi connectivity index (χ2v) is 3.86. The van der Waals surface area contributed by atoms with E-state index in [2.05, 4.69) is 20.8 Å². The van der Waals surface area contributed by atoms with Gasteiger partial charge in [-0.15, -0.1) is 0 Å². The van der Waals surface area contributed by atoms with E-state index in [4.69, 9.17) is 4.89 Å². The number of anilines is 1. The molecule has 1 heterocycles. The minimum absolute atomic E-state index is 0.0422. The van der Waals surface area contributed by atoms with Gasteiger partial charge in [-0.3, -0.25) is 10.1 Å². The summed E-state index contributed by atoms with van der Waals surface area (Å²) in [4.78, 5) is 19.9. The quantitative estimate of drug-likeness (QED) is 0.412. The molecule has 0 saturated carbocycles. The van der Waals surface area contributed by atoms with E-state index >= 15 is 0 Å². The second-order valence-electron chi connectivity index (χ2n) is 3.86. The lowest BCUT2D eigenvalue weighted by Gasteiger charge is -2.14. The zero-order valence-corrected chi connectivity index (χ0v) is 10.8. The standard InChI is InChI=1S/C12H14N4O4/c1-19-20-8-9-2-3-10(11(6-9)16(17)18)15-12-7-13-4-5-14-12/h2-7,13-15H,8H2,1H3. The molecule has 0 unspecified atom stereocenters. The van der Waals surface area contributed by atoms with Crippen molar-refractivity contribution in [2.24, 2.45) is 0 Å². The van der Waals surface area contributed by atoms with Crippen LogP contribution in [0.3, 0.4) is 0 Å². The summed E-state index contributed by atoms with van der Waals surface area (Å²) in [6, 6.07) is 4.78. The molecular weight excluding hydrogens is 264 g/mol. The van der Waals surface area contributed by atoms with Crippen molar-refractivity contribution in [3.05, 3.63) is 58.3 Å². The lowest BCUT2D eigenvalue weighted by atomic mass is 10.2. The zero-order valence-electron chi connectivity index (χ0n) is 10.8. The highest BCUT2D eigenvalue weighted by Gasteiger charge is 2.16. The number of benzene rings is 1. The molecule has 0 bridgehead atoms. The Kier molecular flexibility index (Phi) is 4.53. The Balaban J connectivity index is 2.19. The third kappa shape index (κ3) is 3.46. The lowest BCUT2D eigenvalue weighted by molar-refractivity contribution is -0.384. The number of hydrogen-bond acceptors (Lipinski definition) is 7. The average Bonchev–Trinajstić information content (AvgIpc) is 2.47. The van der Waals surface area contributed by atoms with Gasteiger partial charge in [0.05, 0.1) is 12.0 Å². The number of rotatable bonds is 6. The number of nitrogens with zero attached hydrogens (tertiary/aromatic N) is 1. The van der Waals surface area contributed by atoms with Crippen LogP contribution in [0.15, 0.2) is 42.6 Å². The molecule has 0 spiro atoms. The Morgan fingerprint density at radius 3 is 2.90 bits per heavy atom. The van der Waals surface area contributed by atoms with Gasteiger partial charge in [0.25, 0.3) is 5.69 Å². The van der Waals surface area contributed by atoms with Crippen molar-refractivity contribution in [3.63, 3.8) is 0 Å². The molecule has 0 radical (unpaired) electrons. The predicted octanol–water partition coefficient (Wildman–Crippen LogP) is 1.55. The van der Waals surface area contributed by atoms with Crippen LogP contribution >= 0.6 is 0 Å². The zero-order chi connectivity index (χ0) is 14.4. The molecule has 8 nitrogen and oxygen atoms in total. The van der Waals surface area contributed by atoms with Crippen molar-refractivity contribution in [1.29, 1.82) is 0 Å². The number of nitro groups is 1. The van der Waals surface area contributed by atoms with Crippen LogP contribution in [0.25, 0.3) is 0 Å². The first-order chi connectivity index (χ1) is 9.70. The minimum atomic E-state index is -0.453. The first-order valence-corrected chi connectivity index (χ1v) is 5.78. The topological polar surface area (TPSA) is 97.7 Å². The highest BCUT2D eigenvalue weighted by Crippen LogP contribution is 2.26. The van der Waals surface area contributed by atoms with E-state index in [0.29, 0.717) is 17.1 Å². The van der Waals surface area contributed by atoms with Crippen LogP contribution in [0.5, 0.6) is 0 Å². The molecule has 1 aromatic rings. The highest BCUT2D eigenvalue weighted by atomic mass is 17.2. The first kappa shape index (κ1) is 13.8. The summed E-state index contributed by atoms with van der Waals surface area (Å²) in [6.45, 7) is 0.142. The van der Waals surface area contributed by atoms with Crippen LogP contribution in [0.2, 0.25) is 0 Å². The summed E-state index contributed by atoms with van der Waals surface area (Å²) >= 11 is 0. The largest absolute Gasteiger partial charge is 0.363 e. The summed E-state index contributed by atoms with van der Waals surface area (Å²) in [5.74, 6) is 0.608. The molecule has 3 N–H and O–H groups in total. The molecule has 0 fully saturated rings. The van der Waals surface area contributed by atoms with Gasteiger partial charge in [-0.1, -0.05) is 6.07 Å². The van der Waals surface area contributed by atoms with Crippen molar-refractivity contribution < 1.29 is 14.7 Å². The van der Waals surface area contributed by atoms with Crippen molar-refractivity contribution in [2.45, 2.75) is 6.61 Å². The third-order valence-corrected chi connectivity index (χ3v) is 2.52. The van der Waals surface area contributed by atoms with Gasteiger partial charge in [-0.25, -0.2) is 9.78 Å². The Morgan fingerprint density at radius 1 is 1.40 bits per heavy atom. The number of nitrogens with one attached hydrogen (secondary N) is 3. The molecule has 8 heteroatoms. The van der Waals surface area contributed by atoms with Crippen molar-refractivity contribution >= 4 is 11.4 Å². The van der Waals surface area contributed by atoms with Gasteiger partial charge in [-0.05, 0) is 11.6 Å². The maximum Gasteiger partial charge on any atom is 0.293 e. The fourth-order valence-corrected chi connectivity index (χ4v) is 1.62. The third-order valence-electron chi connectivity index (χ3n) is 2.52. The molecule has 1 aromatic carbocycles. The summed E-state index contributed by atoms with van der Waals surface area (Å²) in [5.41, 5.74) is 0.985. The van der Waals surface area contributed by atoms with Gasteiger partial charge in [0, 0.05) is 24.7 Å². The lowest BCUT2D eigenvalue weighted by Crippen LogP contribution is -2.21. The molecule has 0 aliphatic carbocycles. The maximum atomic E-state index is 11.1. The fourth-order valence-electron chi connectivity index (χ4n) is 1.62. The summed E-state index contributed by atoms with van der Waals surface area (Å²) in [6.07, 6.45) is 5.03. The molecule has 0 aromatic heterocycles. The van der Waals surface area contributed by atoms with Crippen LogP contribution < -0.4 is 16.0 Å². The summed E-state index contributed by atoms with van der Waals surface area (Å²) < 4.78 is 0. The molecule has 2 rings (SSSR count). The van der Waals surface area contributed by atoms with Crippen molar-refractivity contribution in [1.82, 2.24) is 10.6 Å². The number of nitro benzene ring substituents is 1. The van der Waals surface area contributed by atoms with Gasteiger partial charge >= 0.3 is 0 Å². The van der Waals surface area contributed by atoms with E-state index in [9.17, 15) is 10.1 Å². The Morgan fingerprint density at radius 2 is 2.25 bits per heavy atom. The van der Waals surface area contributed by atoms with Crippen molar-refractivity contribution in [2.75, 3.05) is 12.4 Å². The Bertz CT molecular complexity index is 556. The number of hydrogen-bond donors (Lipinski definition) is 3. The summed E-state index contributed by atoms with van der Waals surface area (Å²) in [7, 11) is 1.38. The van der Waals surface area contributed by atoms with Gasteiger partial charge < -0.3 is 16.0 Å². The molecule has 0 atom stereocenters. The molecule has 0 amide bonds. The van der Waals surface area contributed by atoms with Crippen molar-refractivity contribution in [3.8, 4) is 0 Å². The van der Waals surface area contributed by atoms with Crippen LogP contribution in [0.4, 0.5) is 11.4 Å². The second kappa shape index (κ2) is 6.55. The van der Waals surface area contributed by atoms with Crippen LogP contribution in [0.1, 0.15) is 5.56 Å². The molecule has 0 saturated heterocycles. The summed E-state index contributed by atoms with van der Waals surface area (Å²) in [5, 5.41) is 19.8. The van der Waals surface area contributed by atoms with Gasteiger partial charge in [0.1, 0.15) is 18.1 Å². The molecule has 1 aliphatic rings. The molecule has 106 valence electrons. The highest BCUT2D eigenvalue weighted by molar-refractivity contribution is 5.65. The van der Waals surface area contributed by atoms with Crippen LogP contribution in [-0.4, -0.2) is 12.0 Å². The predicted molar refractivity (Wildman–Crippen MR) is 72.0 cm³/mol. The van der Waals surface area contributed by atoms with Crippen LogP contribution in [-0.2, 0) is 16.4 Å². The first-order valence-electron chi connectivity index (χ1n) is 5.78. The van der Waals surface area contributed by atoms with Gasteiger partial charge in [0.2, 0.25) is 0 Å². The van der Waals surface area contributed by atoms with E-state index in [1.807, 2.05) is 0 Å². The fraction of sp³-hybridized carbons (Fsp3) is 0.167. The van der Waals surface area contributed by atoms with E-state index in [1.165, 1.54) is 13.2 Å². The Labute approximate surface area is 115 Å². The monoisotopic (exact) mass is 278 g/mol. The van der Waals surface area contributed by atoms with E-state index < -0.39 is 4.92 Å². The van der Waals surface area contributed by atoms with E-state index in [1.54, 1.807) is 30.7 Å². The van der Waals surface area contributed by atoms with E-state index in [-0.39, 0.29) is 12.3 Å². The van der Waals surface area contributed by atoms with Gasteiger partial charge in [-0.2, -0.15) is 0 Å².